The second-order valence-corrected chi connectivity index (χ2v) is 11.1. The first-order chi connectivity index (χ1) is 19.3. The highest BCUT2D eigenvalue weighted by molar-refractivity contribution is 6.35. The average molecular weight is 657 g/mol. The number of alkyl halides is 1. The van der Waals surface area contributed by atoms with Gasteiger partial charge in [-0.2, -0.15) is 0 Å². The fourth-order valence-corrected chi connectivity index (χ4v) is 5.56. The monoisotopic (exact) mass is 654 g/mol. The van der Waals surface area contributed by atoms with E-state index in [1.165, 1.54) is 24.3 Å². The maximum Gasteiger partial charge on any atom is 0.135 e. The van der Waals surface area contributed by atoms with Crippen molar-refractivity contribution in [1.82, 2.24) is 9.80 Å². The third kappa shape index (κ3) is 7.66. The van der Waals surface area contributed by atoms with Crippen molar-refractivity contribution < 1.29 is 13.5 Å². The minimum atomic E-state index is -0.615. The van der Waals surface area contributed by atoms with Crippen molar-refractivity contribution in [2.45, 2.75) is 24.3 Å². The first-order valence-corrected chi connectivity index (χ1v) is 14.0. The van der Waals surface area contributed by atoms with Crippen molar-refractivity contribution >= 4 is 58.8 Å². The molecule has 1 heterocycles. The molecule has 0 fully saturated rings. The van der Waals surface area contributed by atoms with Crippen LogP contribution in [-0.4, -0.2) is 22.0 Å². The van der Waals surface area contributed by atoms with E-state index >= 15 is 0 Å². The van der Waals surface area contributed by atoms with Gasteiger partial charge in [-0.3, -0.25) is 0 Å². The largest absolute Gasteiger partial charge is 0.365 e. The van der Waals surface area contributed by atoms with Crippen molar-refractivity contribution in [2.75, 3.05) is 6.67 Å². The minimum absolute atomic E-state index is 0. The van der Waals surface area contributed by atoms with Gasteiger partial charge in [0.15, 0.2) is 0 Å². The molecule has 0 bridgehead atoms. The summed E-state index contributed by atoms with van der Waals surface area (Å²) in [6.45, 7) is 0.615. The Kier molecular flexibility index (Phi) is 10.8. The smallest absolute Gasteiger partial charge is 0.135 e. The predicted molar refractivity (Wildman–Crippen MR) is 165 cm³/mol. The van der Waals surface area contributed by atoms with E-state index in [0.29, 0.717) is 21.7 Å². The summed E-state index contributed by atoms with van der Waals surface area (Å²) in [5.41, 5.74) is 2.72. The number of hydrogen-bond acceptors (Lipinski definition) is 3. The molecule has 1 aliphatic rings. The van der Waals surface area contributed by atoms with Gasteiger partial charge in [-0.15, -0.1) is 12.4 Å². The van der Waals surface area contributed by atoms with Gasteiger partial charge in [0.2, 0.25) is 0 Å². The van der Waals surface area contributed by atoms with Crippen molar-refractivity contribution in [3.8, 4) is 0 Å². The summed E-state index contributed by atoms with van der Waals surface area (Å²) >= 11 is 25.7. The lowest BCUT2D eigenvalue weighted by Gasteiger charge is -2.34. The molecular weight excluding hydrogens is 632 g/mol. The molecule has 4 aromatic rings. The Labute approximate surface area is 264 Å². The molecule has 2 atom stereocenters. The predicted octanol–water partition coefficient (Wildman–Crippen LogP) is 10.0. The van der Waals surface area contributed by atoms with Crippen molar-refractivity contribution in [2.24, 2.45) is 0 Å². The fraction of sp³-hybridized carbons (Fsp3) is 0.161. The summed E-state index contributed by atoms with van der Waals surface area (Å²) < 4.78 is 33.8. The van der Waals surface area contributed by atoms with E-state index in [1.807, 2.05) is 35.5 Å². The van der Waals surface area contributed by atoms with Crippen LogP contribution >= 0.6 is 58.8 Å². The van der Waals surface area contributed by atoms with E-state index in [-0.39, 0.29) is 36.7 Å². The lowest BCUT2D eigenvalue weighted by atomic mass is 9.97. The summed E-state index contributed by atoms with van der Waals surface area (Å²) in [6, 6.07) is 24.9. The Balaban J connectivity index is 0.00000387. The Bertz CT molecular complexity index is 1420. The van der Waals surface area contributed by atoms with Crippen LogP contribution in [0.5, 0.6) is 0 Å². The summed E-state index contributed by atoms with van der Waals surface area (Å²) in [4.78, 5) is 4.01. The molecule has 0 aromatic heterocycles. The van der Waals surface area contributed by atoms with Crippen molar-refractivity contribution in [3.05, 3.63) is 152 Å². The fourth-order valence-electron chi connectivity index (χ4n) is 4.63. The van der Waals surface area contributed by atoms with Crippen LogP contribution in [0.25, 0.3) is 0 Å². The highest BCUT2D eigenvalue weighted by Crippen LogP contribution is 2.36. The standard InChI is InChI=1S/C31H24Cl4F2N2O.ClH/c32-24-8-1-22(2-9-24)30(40-18-23-3-10-25(33)17-28(23)34)31(35)39-16-15-38(19-39)29(20-4-11-26(36)12-5-20)21-6-13-27(37)14-7-21;/h1-17,29-31H,18-19H2;1H. The molecule has 0 saturated heterocycles. The number of nitrogens with zero attached hydrogens (tertiary/aromatic N) is 2. The van der Waals surface area contributed by atoms with Crippen LogP contribution in [0.2, 0.25) is 15.1 Å². The molecule has 10 heteroatoms. The van der Waals surface area contributed by atoms with E-state index in [0.717, 1.165) is 22.3 Å². The molecule has 2 unspecified atom stereocenters. The van der Waals surface area contributed by atoms with Gasteiger partial charge in [0.1, 0.15) is 23.2 Å². The quantitative estimate of drug-likeness (QED) is 0.132. The third-order valence-electron chi connectivity index (χ3n) is 6.68. The van der Waals surface area contributed by atoms with Crippen LogP contribution in [0.3, 0.4) is 0 Å². The molecule has 4 aromatic carbocycles. The molecule has 0 aliphatic carbocycles. The average Bonchev–Trinajstić information content (AvgIpc) is 3.43. The summed E-state index contributed by atoms with van der Waals surface area (Å²) in [5, 5.41) is 1.64. The molecule has 1 aliphatic heterocycles. The van der Waals surface area contributed by atoms with Crippen molar-refractivity contribution in [1.29, 1.82) is 0 Å². The maximum atomic E-state index is 13.7. The van der Waals surface area contributed by atoms with Gasteiger partial charge in [0.05, 0.1) is 19.3 Å². The van der Waals surface area contributed by atoms with Gasteiger partial charge in [0.25, 0.3) is 0 Å². The summed E-state index contributed by atoms with van der Waals surface area (Å²) in [6.07, 6.45) is 3.26. The van der Waals surface area contributed by atoms with Gasteiger partial charge in [-0.25, -0.2) is 8.78 Å². The molecule has 0 spiro atoms. The molecular formula is C31H25Cl5F2N2O. The van der Waals surface area contributed by atoms with Crippen LogP contribution in [0.4, 0.5) is 8.78 Å². The zero-order valence-electron chi connectivity index (χ0n) is 21.4. The maximum absolute atomic E-state index is 13.7. The molecule has 214 valence electrons. The minimum Gasteiger partial charge on any atom is -0.365 e. The lowest BCUT2D eigenvalue weighted by molar-refractivity contribution is 0.00582. The van der Waals surface area contributed by atoms with Gasteiger partial charge in [-0.1, -0.05) is 88.9 Å². The zero-order valence-corrected chi connectivity index (χ0v) is 25.3. The highest BCUT2D eigenvalue weighted by Gasteiger charge is 2.32. The molecule has 41 heavy (non-hydrogen) atoms. The number of ether oxygens (including phenoxy) is 1. The molecule has 3 nitrogen and oxygen atoms in total. The Hall–Kier alpha value is -2.51. The lowest BCUT2D eigenvalue weighted by Crippen LogP contribution is -2.37. The first-order valence-electron chi connectivity index (χ1n) is 12.4. The topological polar surface area (TPSA) is 15.7 Å². The van der Waals surface area contributed by atoms with Crippen molar-refractivity contribution in [3.63, 3.8) is 0 Å². The zero-order chi connectivity index (χ0) is 28.2. The second-order valence-electron chi connectivity index (χ2n) is 9.37. The van der Waals surface area contributed by atoms with E-state index in [1.54, 1.807) is 48.5 Å². The number of hydrogen-bond donors (Lipinski definition) is 0. The third-order valence-corrected chi connectivity index (χ3v) is 8.00. The van der Waals surface area contributed by atoms with Crippen LogP contribution in [-0.2, 0) is 11.3 Å². The number of halogens is 7. The van der Waals surface area contributed by atoms with Gasteiger partial charge >= 0.3 is 0 Å². The van der Waals surface area contributed by atoms with Crippen LogP contribution in [0, 0.1) is 11.6 Å². The summed E-state index contributed by atoms with van der Waals surface area (Å²) in [5.74, 6) is -0.658. The highest BCUT2D eigenvalue weighted by atomic mass is 35.5. The Morgan fingerprint density at radius 3 is 1.76 bits per heavy atom. The van der Waals surface area contributed by atoms with E-state index < -0.39 is 11.6 Å². The first kappa shape index (κ1) is 31.4. The Morgan fingerprint density at radius 2 is 1.20 bits per heavy atom. The van der Waals surface area contributed by atoms with Gasteiger partial charge in [0, 0.05) is 27.5 Å². The molecule has 0 amide bonds. The SMILES string of the molecule is Cl.Fc1ccc(C(c2ccc(F)cc2)N2C=CN(C(Cl)C(OCc3ccc(Cl)cc3Cl)c3ccc(Cl)cc3)C2)cc1. The molecule has 0 radical (unpaired) electrons. The molecule has 0 N–H and O–H groups in total. The van der Waals surface area contributed by atoms with Gasteiger partial charge in [-0.05, 0) is 70.8 Å². The number of rotatable bonds is 9. The van der Waals surface area contributed by atoms with E-state index in [2.05, 4.69) is 4.90 Å². The van der Waals surface area contributed by atoms with Crippen LogP contribution < -0.4 is 0 Å². The van der Waals surface area contributed by atoms with Gasteiger partial charge < -0.3 is 14.5 Å². The number of benzene rings is 4. The van der Waals surface area contributed by atoms with E-state index in [9.17, 15) is 8.78 Å². The van der Waals surface area contributed by atoms with Crippen LogP contribution in [0.1, 0.15) is 34.4 Å². The normalized spacial score (nSPS) is 14.3. The summed E-state index contributed by atoms with van der Waals surface area (Å²) in [7, 11) is 0. The Morgan fingerprint density at radius 1 is 0.683 bits per heavy atom. The van der Waals surface area contributed by atoms with E-state index in [4.69, 9.17) is 51.1 Å². The molecule has 0 saturated carbocycles. The molecule has 5 rings (SSSR count). The second kappa shape index (κ2) is 14.1. The van der Waals surface area contributed by atoms with Crippen LogP contribution in [0.15, 0.2) is 103 Å².